The van der Waals surface area contributed by atoms with E-state index >= 15 is 0 Å². The van der Waals surface area contributed by atoms with Crippen LogP contribution < -0.4 is 0 Å². The monoisotopic (exact) mass is 487 g/mol. The Morgan fingerprint density at radius 2 is 1.40 bits per heavy atom. The molecule has 3 aliphatic rings. The van der Waals surface area contributed by atoms with Crippen molar-refractivity contribution in [3.63, 3.8) is 0 Å². The number of hydrogen-bond donors (Lipinski definition) is 0. The highest BCUT2D eigenvalue weighted by atomic mass is 15.0. The van der Waals surface area contributed by atoms with E-state index in [-0.39, 0.29) is 0 Å². The summed E-state index contributed by atoms with van der Waals surface area (Å²) in [6, 6.07) is 0. The van der Waals surface area contributed by atoms with Crippen molar-refractivity contribution in [2.24, 2.45) is 80.8 Å². The van der Waals surface area contributed by atoms with Gasteiger partial charge in [-0.1, -0.05) is 116 Å². The van der Waals surface area contributed by atoms with E-state index in [1.54, 1.807) is 0 Å². The molecule has 14 unspecified atom stereocenters. The van der Waals surface area contributed by atoms with Gasteiger partial charge < -0.3 is 0 Å². The van der Waals surface area contributed by atoms with Crippen LogP contribution in [0, 0.1) is 80.8 Å². The van der Waals surface area contributed by atoms with E-state index < -0.39 is 0 Å². The lowest BCUT2D eigenvalue weighted by Gasteiger charge is -2.44. The molecule has 1 spiro atoms. The van der Waals surface area contributed by atoms with Crippen molar-refractivity contribution in [3.05, 3.63) is 0 Å². The molecule has 3 fully saturated rings. The maximum Gasteiger partial charge on any atom is -0.0111 e. The van der Waals surface area contributed by atoms with Crippen molar-refractivity contribution >= 4 is 0 Å². The van der Waals surface area contributed by atoms with Crippen molar-refractivity contribution < 1.29 is 0 Å². The van der Waals surface area contributed by atoms with Gasteiger partial charge in [-0.25, -0.2) is 0 Å². The lowest BCUT2D eigenvalue weighted by Crippen LogP contribution is -2.38. The van der Waals surface area contributed by atoms with Gasteiger partial charge in [-0.05, 0) is 107 Å². The first-order chi connectivity index (χ1) is 16.2. The Hall–Kier alpha value is 0. The molecule has 14 atom stereocenters. The van der Waals surface area contributed by atoms with E-state index in [0.29, 0.717) is 21.7 Å². The van der Waals surface area contributed by atoms with Gasteiger partial charge in [0.05, 0.1) is 0 Å². The minimum Gasteiger partial charge on any atom is -0.0654 e. The van der Waals surface area contributed by atoms with Crippen molar-refractivity contribution in [3.8, 4) is 0 Å². The first-order valence-corrected chi connectivity index (χ1v) is 16.2. The normalized spacial score (nSPS) is 45.1. The number of hydrogen-bond acceptors (Lipinski definition) is 0. The predicted octanol–water partition coefficient (Wildman–Crippen LogP) is 11.1. The maximum absolute atomic E-state index is 2.76. The summed E-state index contributed by atoms with van der Waals surface area (Å²) >= 11 is 0. The van der Waals surface area contributed by atoms with Gasteiger partial charge in [-0.3, -0.25) is 0 Å². The van der Waals surface area contributed by atoms with E-state index in [4.69, 9.17) is 0 Å². The molecular formula is C35H66. The van der Waals surface area contributed by atoms with E-state index in [1.165, 1.54) is 44.9 Å². The molecule has 0 bridgehead atoms. The van der Waals surface area contributed by atoms with Crippen LogP contribution in [0.4, 0.5) is 0 Å². The second kappa shape index (κ2) is 9.95. The van der Waals surface area contributed by atoms with Crippen LogP contribution in [0.5, 0.6) is 0 Å². The third-order valence-electron chi connectivity index (χ3n) is 14.5. The van der Waals surface area contributed by atoms with E-state index in [0.717, 1.165) is 59.2 Å². The SMILES string of the molecule is CCCC(C)(CC)CC1(C)C(C)C12C1CC(C)CC(C)C12C(C)C(C)C(C)C(C)C(C)C(C)CC. The fourth-order valence-corrected chi connectivity index (χ4v) is 11.6. The molecule has 0 heterocycles. The van der Waals surface area contributed by atoms with Crippen LogP contribution in [0.3, 0.4) is 0 Å². The molecule has 3 aliphatic carbocycles. The second-order valence-electron chi connectivity index (χ2n) is 15.7. The molecule has 0 aromatic heterocycles. The largest absolute Gasteiger partial charge is 0.0654 e. The number of rotatable bonds is 12. The van der Waals surface area contributed by atoms with E-state index in [1.807, 2.05) is 0 Å². The van der Waals surface area contributed by atoms with Crippen LogP contribution in [-0.4, -0.2) is 0 Å². The number of fused-ring (bicyclic) bond motifs is 3. The lowest BCUT2D eigenvalue weighted by molar-refractivity contribution is 0.0381. The Morgan fingerprint density at radius 3 is 1.91 bits per heavy atom. The lowest BCUT2D eigenvalue weighted by atomic mass is 9.60. The molecule has 0 saturated heterocycles. The van der Waals surface area contributed by atoms with Crippen molar-refractivity contribution in [1.82, 2.24) is 0 Å². The molecule has 0 heteroatoms. The van der Waals surface area contributed by atoms with E-state index in [2.05, 4.69) is 96.9 Å². The molecular weight excluding hydrogens is 420 g/mol. The Kier molecular flexibility index (Phi) is 8.40. The van der Waals surface area contributed by atoms with Crippen LogP contribution in [0.15, 0.2) is 0 Å². The standard InChI is InChI=1S/C35H66/c1-15-18-32(13,17-3)21-33(14)30(12)35(33)31-20-22(4)19-24(6)34(31,35)29(11)28(10)27(9)26(8)25(7)23(5)16-2/h22-31H,15-21H2,1-14H3. The first kappa shape index (κ1) is 29.6. The zero-order valence-corrected chi connectivity index (χ0v) is 26.7. The predicted molar refractivity (Wildman–Crippen MR) is 156 cm³/mol. The van der Waals surface area contributed by atoms with Gasteiger partial charge >= 0.3 is 0 Å². The molecule has 0 amide bonds. The quantitative estimate of drug-likeness (QED) is 0.257. The molecule has 3 saturated carbocycles. The zero-order chi connectivity index (χ0) is 26.7. The van der Waals surface area contributed by atoms with Gasteiger partial charge in [0.15, 0.2) is 0 Å². The van der Waals surface area contributed by atoms with Gasteiger partial charge in [0, 0.05) is 0 Å². The maximum atomic E-state index is 2.76. The highest BCUT2D eigenvalue weighted by molar-refractivity contribution is 5.42. The summed E-state index contributed by atoms with van der Waals surface area (Å²) in [5, 5.41) is 0. The van der Waals surface area contributed by atoms with Gasteiger partial charge in [-0.15, -0.1) is 0 Å². The molecule has 0 nitrogen and oxygen atoms in total. The fourth-order valence-electron chi connectivity index (χ4n) is 11.6. The molecule has 0 aliphatic heterocycles. The van der Waals surface area contributed by atoms with Gasteiger partial charge in [0.2, 0.25) is 0 Å². The summed E-state index contributed by atoms with van der Waals surface area (Å²) in [5.74, 6) is 8.57. The third-order valence-corrected chi connectivity index (χ3v) is 14.5. The molecule has 0 aromatic carbocycles. The smallest absolute Gasteiger partial charge is 0.0111 e. The van der Waals surface area contributed by atoms with Gasteiger partial charge in [0.25, 0.3) is 0 Å². The molecule has 0 aromatic rings. The van der Waals surface area contributed by atoms with Crippen LogP contribution >= 0.6 is 0 Å². The minimum atomic E-state index is 0.519. The highest BCUT2D eigenvalue weighted by Crippen LogP contribution is 3.00. The van der Waals surface area contributed by atoms with Crippen molar-refractivity contribution in [2.45, 2.75) is 142 Å². The zero-order valence-electron chi connectivity index (χ0n) is 26.7. The van der Waals surface area contributed by atoms with Gasteiger partial charge in [0.1, 0.15) is 0 Å². The van der Waals surface area contributed by atoms with Crippen molar-refractivity contribution in [1.29, 1.82) is 0 Å². The first-order valence-electron chi connectivity index (χ1n) is 16.2. The molecule has 0 radical (unpaired) electrons. The molecule has 206 valence electrons. The average molecular weight is 487 g/mol. The fraction of sp³-hybridized carbons (Fsp3) is 1.00. The molecule has 0 N–H and O–H groups in total. The highest BCUT2D eigenvalue weighted by Gasteiger charge is 2.96. The van der Waals surface area contributed by atoms with Crippen LogP contribution in [0.2, 0.25) is 0 Å². The van der Waals surface area contributed by atoms with Crippen LogP contribution in [-0.2, 0) is 0 Å². The summed E-state index contributed by atoms with van der Waals surface area (Å²) in [6.45, 7) is 36.2. The second-order valence-corrected chi connectivity index (χ2v) is 15.7. The van der Waals surface area contributed by atoms with Crippen LogP contribution in [0.25, 0.3) is 0 Å². The molecule has 3 rings (SSSR count). The Balaban J connectivity index is 1.95. The summed E-state index contributed by atoms with van der Waals surface area (Å²) in [6.07, 6.45) is 9.83. The van der Waals surface area contributed by atoms with Crippen molar-refractivity contribution in [2.75, 3.05) is 0 Å². The Labute approximate surface area is 222 Å². The van der Waals surface area contributed by atoms with E-state index in [9.17, 15) is 0 Å². The van der Waals surface area contributed by atoms with Gasteiger partial charge in [-0.2, -0.15) is 0 Å². The van der Waals surface area contributed by atoms with Crippen LogP contribution in [0.1, 0.15) is 142 Å². The summed E-state index contributed by atoms with van der Waals surface area (Å²) in [4.78, 5) is 0. The Morgan fingerprint density at radius 1 is 0.829 bits per heavy atom. The average Bonchev–Trinajstić information content (AvgIpc) is 3.60. The summed E-state index contributed by atoms with van der Waals surface area (Å²) in [5.41, 5.74) is 2.27. The topological polar surface area (TPSA) is 0 Å². The third kappa shape index (κ3) is 4.03. The minimum absolute atomic E-state index is 0.519. The Bertz CT molecular complexity index is 724. The molecule has 35 heavy (non-hydrogen) atoms. The summed E-state index contributed by atoms with van der Waals surface area (Å²) < 4.78 is 0. The summed E-state index contributed by atoms with van der Waals surface area (Å²) in [7, 11) is 0.